The molecule has 2 aromatic heterocycles. The summed E-state index contributed by atoms with van der Waals surface area (Å²) >= 11 is 5.91. The van der Waals surface area contributed by atoms with Gasteiger partial charge in [0.25, 0.3) is 0 Å². The third-order valence-corrected chi connectivity index (χ3v) is 2.57. The van der Waals surface area contributed by atoms with Gasteiger partial charge in [0.1, 0.15) is 0 Å². The fourth-order valence-electron chi connectivity index (χ4n) is 1.58. The number of hydrogen-bond acceptors (Lipinski definition) is 4. The van der Waals surface area contributed by atoms with E-state index >= 15 is 0 Å². The van der Waals surface area contributed by atoms with E-state index in [1.807, 2.05) is 12.1 Å². The molecule has 5 heteroatoms. The van der Waals surface area contributed by atoms with Crippen LogP contribution in [0.5, 0.6) is 0 Å². The van der Waals surface area contributed by atoms with E-state index < -0.39 is 0 Å². The summed E-state index contributed by atoms with van der Waals surface area (Å²) in [6, 6.07) is 9.00. The lowest BCUT2D eigenvalue weighted by Crippen LogP contribution is -1.85. The Bertz CT molecular complexity index is 693. The maximum Gasteiger partial charge on any atom is 0.228 e. The second kappa shape index (κ2) is 3.75. The number of benzene rings is 1. The summed E-state index contributed by atoms with van der Waals surface area (Å²) in [5.74, 6) is 0.487. The van der Waals surface area contributed by atoms with Gasteiger partial charge in [0.15, 0.2) is 11.2 Å². The molecule has 0 aliphatic rings. The third kappa shape index (κ3) is 1.83. The fourth-order valence-corrected chi connectivity index (χ4v) is 1.77. The molecule has 0 unspecified atom stereocenters. The Kier molecular flexibility index (Phi) is 2.23. The van der Waals surface area contributed by atoms with Crippen molar-refractivity contribution < 1.29 is 4.42 Å². The van der Waals surface area contributed by atoms with Crippen molar-refractivity contribution in [1.82, 2.24) is 9.97 Å². The minimum atomic E-state index is 0.487. The summed E-state index contributed by atoms with van der Waals surface area (Å²) in [7, 11) is 0. The Balaban J connectivity index is 2.18. The number of nitrogens with two attached hydrogens (primary N) is 1. The number of pyridine rings is 1. The first-order chi connectivity index (χ1) is 8.22. The van der Waals surface area contributed by atoms with Crippen molar-refractivity contribution >= 4 is 28.5 Å². The van der Waals surface area contributed by atoms with Crippen LogP contribution in [0.1, 0.15) is 0 Å². The van der Waals surface area contributed by atoms with Crippen LogP contribution in [0.15, 0.2) is 40.9 Å². The highest BCUT2D eigenvalue weighted by Gasteiger charge is 2.09. The van der Waals surface area contributed by atoms with Gasteiger partial charge in [-0.2, -0.15) is 4.98 Å². The highest BCUT2D eigenvalue weighted by atomic mass is 35.5. The molecule has 0 atom stereocenters. The van der Waals surface area contributed by atoms with Crippen LogP contribution in [0.3, 0.4) is 0 Å². The average molecular weight is 246 g/mol. The van der Waals surface area contributed by atoms with Gasteiger partial charge < -0.3 is 10.2 Å². The van der Waals surface area contributed by atoms with E-state index in [-0.39, 0.29) is 0 Å². The molecule has 2 heterocycles. The molecule has 3 aromatic rings. The minimum absolute atomic E-state index is 0.487. The van der Waals surface area contributed by atoms with E-state index in [9.17, 15) is 0 Å². The van der Waals surface area contributed by atoms with Crippen molar-refractivity contribution in [3.8, 4) is 11.5 Å². The summed E-state index contributed by atoms with van der Waals surface area (Å²) in [4.78, 5) is 8.36. The van der Waals surface area contributed by atoms with E-state index in [4.69, 9.17) is 21.8 Å². The Morgan fingerprint density at radius 1 is 1.24 bits per heavy atom. The molecule has 0 spiro atoms. The van der Waals surface area contributed by atoms with Crippen molar-refractivity contribution in [2.75, 3.05) is 5.73 Å². The Morgan fingerprint density at radius 3 is 2.94 bits per heavy atom. The van der Waals surface area contributed by atoms with E-state index in [2.05, 4.69) is 9.97 Å². The largest absolute Gasteiger partial charge is 0.434 e. The maximum absolute atomic E-state index is 5.91. The van der Waals surface area contributed by atoms with Crippen LogP contribution in [0.2, 0.25) is 5.02 Å². The number of aromatic nitrogens is 2. The van der Waals surface area contributed by atoms with Crippen LogP contribution in [0.4, 0.5) is 5.69 Å². The normalized spacial score (nSPS) is 10.9. The Labute approximate surface area is 102 Å². The molecule has 0 amide bonds. The maximum atomic E-state index is 5.91. The number of halogens is 1. The summed E-state index contributed by atoms with van der Waals surface area (Å²) in [5, 5.41) is 0.636. The van der Waals surface area contributed by atoms with Crippen LogP contribution in [-0.2, 0) is 0 Å². The first-order valence-corrected chi connectivity index (χ1v) is 5.38. The smallest absolute Gasteiger partial charge is 0.228 e. The second-order valence-corrected chi connectivity index (χ2v) is 4.06. The van der Waals surface area contributed by atoms with E-state index in [1.54, 1.807) is 24.4 Å². The molecule has 3 rings (SSSR count). The van der Waals surface area contributed by atoms with Gasteiger partial charge in [-0.1, -0.05) is 17.7 Å². The van der Waals surface area contributed by atoms with E-state index in [0.717, 1.165) is 5.56 Å². The van der Waals surface area contributed by atoms with Gasteiger partial charge in [-0.3, -0.25) is 0 Å². The quantitative estimate of drug-likeness (QED) is 0.715. The van der Waals surface area contributed by atoms with Gasteiger partial charge in [0.05, 0.1) is 11.9 Å². The molecular formula is C12H8ClN3O. The van der Waals surface area contributed by atoms with Crippen molar-refractivity contribution in [2.45, 2.75) is 0 Å². The zero-order valence-corrected chi connectivity index (χ0v) is 9.48. The molecule has 4 nitrogen and oxygen atoms in total. The van der Waals surface area contributed by atoms with E-state index in [0.29, 0.717) is 27.8 Å². The second-order valence-electron chi connectivity index (χ2n) is 3.62. The lowest BCUT2D eigenvalue weighted by atomic mass is 10.2. The first kappa shape index (κ1) is 10.1. The highest BCUT2D eigenvalue weighted by molar-refractivity contribution is 6.30. The standard InChI is InChI=1S/C12H8ClN3O/c13-8-3-1-2-7(4-8)12-16-11-10(17-12)5-9(14)6-15-11/h1-6H,14H2. The van der Waals surface area contributed by atoms with Crippen molar-refractivity contribution in [3.05, 3.63) is 41.6 Å². The minimum Gasteiger partial charge on any atom is -0.434 e. The zero-order valence-electron chi connectivity index (χ0n) is 8.72. The summed E-state index contributed by atoms with van der Waals surface area (Å²) in [6.07, 6.45) is 1.55. The van der Waals surface area contributed by atoms with Gasteiger partial charge in [-0.25, -0.2) is 4.98 Å². The predicted octanol–water partition coefficient (Wildman–Crippen LogP) is 3.13. The molecule has 0 radical (unpaired) electrons. The first-order valence-electron chi connectivity index (χ1n) is 5.00. The van der Waals surface area contributed by atoms with Crippen LogP contribution in [-0.4, -0.2) is 9.97 Å². The molecule has 0 saturated heterocycles. The predicted molar refractivity (Wildman–Crippen MR) is 66.7 cm³/mol. The number of rotatable bonds is 1. The molecule has 2 N–H and O–H groups in total. The third-order valence-electron chi connectivity index (χ3n) is 2.34. The van der Waals surface area contributed by atoms with Crippen molar-refractivity contribution in [1.29, 1.82) is 0 Å². The fraction of sp³-hybridized carbons (Fsp3) is 0. The lowest BCUT2D eigenvalue weighted by Gasteiger charge is -1.94. The Hall–Kier alpha value is -2.07. The average Bonchev–Trinajstić information content (AvgIpc) is 2.72. The molecule has 0 bridgehead atoms. The van der Waals surface area contributed by atoms with Gasteiger partial charge >= 0.3 is 0 Å². The molecule has 17 heavy (non-hydrogen) atoms. The van der Waals surface area contributed by atoms with Crippen LogP contribution in [0, 0.1) is 0 Å². The highest BCUT2D eigenvalue weighted by Crippen LogP contribution is 2.25. The van der Waals surface area contributed by atoms with Gasteiger partial charge in [-0.15, -0.1) is 0 Å². The van der Waals surface area contributed by atoms with Gasteiger partial charge in [0, 0.05) is 16.7 Å². The number of hydrogen-bond donors (Lipinski definition) is 1. The SMILES string of the molecule is Nc1cnc2nc(-c3cccc(Cl)c3)oc2c1. The molecule has 0 aliphatic heterocycles. The van der Waals surface area contributed by atoms with E-state index in [1.165, 1.54) is 0 Å². The molecule has 0 fully saturated rings. The monoisotopic (exact) mass is 245 g/mol. The van der Waals surface area contributed by atoms with Gasteiger partial charge in [-0.05, 0) is 18.2 Å². The molecule has 84 valence electrons. The number of nitrogens with zero attached hydrogens (tertiary/aromatic N) is 2. The van der Waals surface area contributed by atoms with Crippen LogP contribution in [0.25, 0.3) is 22.7 Å². The summed E-state index contributed by atoms with van der Waals surface area (Å²) in [5.41, 5.74) is 8.09. The van der Waals surface area contributed by atoms with Crippen molar-refractivity contribution in [3.63, 3.8) is 0 Å². The molecule has 1 aromatic carbocycles. The number of oxazole rings is 1. The van der Waals surface area contributed by atoms with Gasteiger partial charge in [0.2, 0.25) is 5.89 Å². The summed E-state index contributed by atoms with van der Waals surface area (Å²) < 4.78 is 5.58. The molecule has 0 saturated carbocycles. The number of anilines is 1. The topological polar surface area (TPSA) is 64.9 Å². The lowest BCUT2D eigenvalue weighted by molar-refractivity contribution is 0.620. The van der Waals surface area contributed by atoms with Crippen molar-refractivity contribution in [2.24, 2.45) is 0 Å². The molecular weight excluding hydrogens is 238 g/mol. The summed E-state index contributed by atoms with van der Waals surface area (Å²) in [6.45, 7) is 0. The van der Waals surface area contributed by atoms with Crippen LogP contribution < -0.4 is 5.73 Å². The number of nitrogen functional groups attached to an aromatic ring is 1. The number of fused-ring (bicyclic) bond motifs is 1. The molecule has 0 aliphatic carbocycles. The Morgan fingerprint density at radius 2 is 2.12 bits per heavy atom. The van der Waals surface area contributed by atoms with Crippen LogP contribution >= 0.6 is 11.6 Å². The zero-order chi connectivity index (χ0) is 11.8.